The Labute approximate surface area is 255 Å². The zero-order valence-electron chi connectivity index (χ0n) is 23.3. The molecule has 2 saturated carbocycles. The van der Waals surface area contributed by atoms with E-state index in [1.54, 1.807) is 11.9 Å². The van der Waals surface area contributed by atoms with Crippen molar-refractivity contribution in [3.8, 4) is 0 Å². The van der Waals surface area contributed by atoms with E-state index in [4.69, 9.17) is 27.9 Å². The molecule has 212 valence electrons. The van der Waals surface area contributed by atoms with Crippen LogP contribution >= 0.6 is 23.2 Å². The van der Waals surface area contributed by atoms with Gasteiger partial charge in [0.2, 0.25) is 10.6 Å². The third-order valence-corrected chi connectivity index (χ3v) is 8.53. The molecule has 40 heavy (non-hydrogen) atoms. The van der Waals surface area contributed by atoms with Crippen LogP contribution in [0.5, 0.6) is 0 Å². The number of aryl methyl sites for hydroxylation is 2. The SMILES string of the molecule is CCOC(=O)C1(N(C)c2nc(Cl)nc3c2CCC3)CC1.CN(c1nc(Cl)nc2c1CCC2)C1(C(=O)O)CC1.[Li+].[OH-]. The number of carbonyl (C=O) groups excluding carboxylic acids is 1. The number of ether oxygens (including phenoxy) is 1. The number of hydrogen-bond acceptors (Lipinski definition) is 10. The Hall–Kier alpha value is -2.16. The number of carbonyl (C=O) groups is 2. The molecule has 14 heteroatoms. The van der Waals surface area contributed by atoms with Crippen LogP contribution in [0.3, 0.4) is 0 Å². The fraction of sp³-hybridized carbons (Fsp3) is 0.615. The third-order valence-electron chi connectivity index (χ3n) is 8.19. The largest absolute Gasteiger partial charge is 1.00 e. The first-order valence-electron chi connectivity index (χ1n) is 13.1. The second kappa shape index (κ2) is 12.4. The van der Waals surface area contributed by atoms with Gasteiger partial charge in [0.05, 0.1) is 18.0 Å². The van der Waals surface area contributed by atoms with E-state index in [9.17, 15) is 14.7 Å². The molecular formula is C26H33Cl2LiN6O5. The zero-order valence-corrected chi connectivity index (χ0v) is 24.8. The summed E-state index contributed by atoms with van der Waals surface area (Å²) in [7, 11) is 3.69. The Morgan fingerprint density at radius 2 is 1.25 bits per heavy atom. The van der Waals surface area contributed by atoms with Gasteiger partial charge in [-0.25, -0.2) is 29.5 Å². The van der Waals surface area contributed by atoms with Crippen LogP contribution in [0.15, 0.2) is 0 Å². The minimum Gasteiger partial charge on any atom is -0.870 e. The molecule has 2 fully saturated rings. The monoisotopic (exact) mass is 586 g/mol. The predicted octanol–water partition coefficient (Wildman–Crippen LogP) is 0.650. The second-order valence-electron chi connectivity index (χ2n) is 10.4. The van der Waals surface area contributed by atoms with Crippen molar-refractivity contribution in [2.75, 3.05) is 30.5 Å². The van der Waals surface area contributed by atoms with Crippen molar-refractivity contribution in [1.29, 1.82) is 0 Å². The molecule has 0 saturated heterocycles. The zero-order chi connectivity index (χ0) is 27.2. The van der Waals surface area contributed by atoms with E-state index in [-0.39, 0.29) is 40.9 Å². The third kappa shape index (κ3) is 5.77. The number of rotatable bonds is 7. The second-order valence-corrected chi connectivity index (χ2v) is 11.1. The molecule has 2 aromatic heterocycles. The van der Waals surface area contributed by atoms with Gasteiger partial charge in [-0.3, -0.25) is 0 Å². The first kappa shape index (κ1) is 32.4. The molecule has 4 aliphatic carbocycles. The van der Waals surface area contributed by atoms with Gasteiger partial charge in [0.25, 0.3) is 0 Å². The fourth-order valence-electron chi connectivity index (χ4n) is 5.60. The van der Waals surface area contributed by atoms with Crippen molar-refractivity contribution < 1.29 is 43.8 Å². The van der Waals surface area contributed by atoms with Crippen LogP contribution in [0.25, 0.3) is 0 Å². The number of halogens is 2. The number of carboxylic acid groups (broad SMARTS) is 1. The Morgan fingerprint density at radius 1 is 0.825 bits per heavy atom. The quantitative estimate of drug-likeness (QED) is 0.276. The number of aromatic nitrogens is 4. The van der Waals surface area contributed by atoms with Crippen molar-refractivity contribution in [2.45, 2.75) is 82.2 Å². The smallest absolute Gasteiger partial charge is 0.870 e. The molecule has 0 atom stereocenters. The summed E-state index contributed by atoms with van der Waals surface area (Å²) in [5.74, 6) is 0.543. The van der Waals surface area contributed by atoms with E-state index >= 15 is 0 Å². The molecule has 4 aliphatic rings. The number of hydrogen-bond donors (Lipinski definition) is 1. The van der Waals surface area contributed by atoms with Gasteiger partial charge in [-0.15, -0.1) is 0 Å². The molecule has 2 heterocycles. The Bertz CT molecular complexity index is 1290. The van der Waals surface area contributed by atoms with Crippen molar-refractivity contribution in [1.82, 2.24) is 19.9 Å². The number of fused-ring (bicyclic) bond motifs is 2. The van der Waals surface area contributed by atoms with Crippen molar-refractivity contribution in [3.05, 3.63) is 33.1 Å². The summed E-state index contributed by atoms with van der Waals surface area (Å²) in [5.41, 5.74) is 2.85. The van der Waals surface area contributed by atoms with E-state index in [1.165, 1.54) is 0 Å². The van der Waals surface area contributed by atoms with Gasteiger partial charge in [0.15, 0.2) is 0 Å². The topological polar surface area (TPSA) is 152 Å². The van der Waals surface area contributed by atoms with Gasteiger partial charge in [-0.2, -0.15) is 0 Å². The number of nitrogens with zero attached hydrogens (tertiary/aromatic N) is 6. The van der Waals surface area contributed by atoms with Gasteiger partial charge >= 0.3 is 30.8 Å². The van der Waals surface area contributed by atoms with E-state index in [0.29, 0.717) is 25.3 Å². The number of likely N-dealkylation sites (N-methyl/N-ethyl adjacent to an activating group) is 2. The van der Waals surface area contributed by atoms with Crippen LogP contribution in [0.1, 0.15) is 68.0 Å². The van der Waals surface area contributed by atoms with Gasteiger partial charge < -0.3 is 25.1 Å². The standard InChI is InChI=1S/C14H18ClN3O2.C12H14ClN3O2.Li.H2O/c1-3-20-12(19)14(7-8-14)18(2)11-9-5-4-6-10(9)16-13(15)17-11;1-16(12(5-6-12)10(17)18)9-7-3-2-4-8(7)14-11(13)15-9;;/h3-8H2,1-2H3;2-6H2,1H3,(H,17,18);;1H2/q;;+1;/p-1. The van der Waals surface area contributed by atoms with E-state index in [1.807, 2.05) is 18.9 Å². The minimum absolute atomic E-state index is 0. The molecule has 6 rings (SSSR count). The summed E-state index contributed by atoms with van der Waals surface area (Å²) in [6.07, 6.45) is 8.72. The van der Waals surface area contributed by atoms with E-state index in [0.717, 1.165) is 79.7 Å². The molecule has 2 N–H and O–H groups in total. The summed E-state index contributed by atoms with van der Waals surface area (Å²) in [6.45, 7) is 2.23. The average Bonchev–Trinajstić information content (AvgIpc) is 3.78. The predicted molar refractivity (Wildman–Crippen MR) is 145 cm³/mol. The molecular weight excluding hydrogens is 554 g/mol. The van der Waals surface area contributed by atoms with Gasteiger partial charge in [0, 0.05) is 25.2 Å². The molecule has 0 bridgehead atoms. The maximum absolute atomic E-state index is 12.2. The molecule has 0 unspecified atom stereocenters. The number of esters is 1. The molecule has 0 spiro atoms. The van der Waals surface area contributed by atoms with Crippen molar-refractivity contribution in [2.24, 2.45) is 0 Å². The van der Waals surface area contributed by atoms with Crippen LogP contribution in [0.2, 0.25) is 10.6 Å². The summed E-state index contributed by atoms with van der Waals surface area (Å²) in [6, 6.07) is 0. The van der Waals surface area contributed by atoms with Gasteiger partial charge in [-0.1, -0.05) is 0 Å². The average molecular weight is 587 g/mol. The fourth-order valence-corrected chi connectivity index (χ4v) is 5.96. The summed E-state index contributed by atoms with van der Waals surface area (Å²) in [4.78, 5) is 44.4. The van der Waals surface area contributed by atoms with Gasteiger partial charge in [-0.05, 0) is 94.3 Å². The van der Waals surface area contributed by atoms with Crippen LogP contribution < -0.4 is 28.7 Å². The minimum atomic E-state index is -0.786. The Balaban J connectivity index is 0.000000211. The van der Waals surface area contributed by atoms with Crippen LogP contribution in [0.4, 0.5) is 11.6 Å². The number of carboxylic acids is 1. The molecule has 0 aliphatic heterocycles. The molecule has 11 nitrogen and oxygen atoms in total. The molecule has 0 amide bonds. The number of aliphatic carboxylic acids is 1. The number of anilines is 2. The maximum Gasteiger partial charge on any atom is 1.00 e. The summed E-state index contributed by atoms with van der Waals surface area (Å²) >= 11 is 11.9. The maximum atomic E-state index is 12.2. The van der Waals surface area contributed by atoms with Crippen LogP contribution in [-0.2, 0) is 40.0 Å². The first-order valence-corrected chi connectivity index (χ1v) is 13.9. The molecule has 0 radical (unpaired) electrons. The Kier molecular flexibility index (Phi) is 10.0. The van der Waals surface area contributed by atoms with E-state index < -0.39 is 17.0 Å². The first-order chi connectivity index (χ1) is 18.1. The van der Waals surface area contributed by atoms with Crippen molar-refractivity contribution >= 4 is 46.8 Å². The Morgan fingerprint density at radius 3 is 1.62 bits per heavy atom. The summed E-state index contributed by atoms with van der Waals surface area (Å²) < 4.78 is 5.20. The molecule has 0 aromatic carbocycles. The van der Waals surface area contributed by atoms with E-state index in [2.05, 4.69) is 19.9 Å². The van der Waals surface area contributed by atoms with Crippen LogP contribution in [0, 0.1) is 0 Å². The van der Waals surface area contributed by atoms with Gasteiger partial charge in [0.1, 0.15) is 22.7 Å². The molecule has 2 aromatic rings. The normalized spacial score (nSPS) is 18.0. The van der Waals surface area contributed by atoms with Crippen LogP contribution in [-0.4, -0.2) is 74.2 Å². The van der Waals surface area contributed by atoms with Crippen molar-refractivity contribution in [3.63, 3.8) is 0 Å². The summed E-state index contributed by atoms with van der Waals surface area (Å²) in [5, 5.41) is 9.80.